The number of hydrogen-bond acceptors (Lipinski definition) is 6. The Kier molecular flexibility index (Phi) is 18.5. The highest BCUT2D eigenvalue weighted by Crippen LogP contribution is 2.17. The van der Waals surface area contributed by atoms with Gasteiger partial charge in [0.15, 0.2) is 11.6 Å². The van der Waals surface area contributed by atoms with Crippen LogP contribution in [0.4, 0.5) is 0 Å². The van der Waals surface area contributed by atoms with Crippen molar-refractivity contribution in [2.45, 2.75) is 78.1 Å². The van der Waals surface area contributed by atoms with Gasteiger partial charge in [0.2, 0.25) is 0 Å². The second-order valence-electron chi connectivity index (χ2n) is 14.5. The summed E-state index contributed by atoms with van der Waals surface area (Å²) in [7, 11) is 3.95. The topological polar surface area (TPSA) is 86.7 Å². The van der Waals surface area contributed by atoms with Gasteiger partial charge >= 0.3 is 11.9 Å². The van der Waals surface area contributed by atoms with Gasteiger partial charge in [-0.15, -0.1) is 0 Å². The minimum atomic E-state index is -0.459. The molecule has 0 aliphatic carbocycles. The van der Waals surface area contributed by atoms with Crippen molar-refractivity contribution in [3.05, 3.63) is 142 Å². The van der Waals surface area contributed by atoms with Gasteiger partial charge in [0.1, 0.15) is 26.3 Å². The Hall–Kier alpha value is -4.40. The number of rotatable bonds is 22. The van der Waals surface area contributed by atoms with Crippen LogP contribution in [0.15, 0.2) is 97.1 Å². The standard InChI is InChI=1S/C46H56NO6.BrH/c1-5-7-9-11-13-35-15-19-37(20-16-35)43(48)39-23-27-41(28-24-39)45(50)52-33-31-47(3,4)32-34-53-46(51)42-29-25-40(26-30-42)44(49)38-21-17-36(18-22-38)14-12-10-8-6-2;/h15-30H,5-14,31-34H2,1-4H3;1H/q+1;/p-1. The maximum absolute atomic E-state index is 13.0. The van der Waals surface area contributed by atoms with Crippen LogP contribution in [0.3, 0.4) is 0 Å². The Balaban J connectivity index is 0.00000784. The van der Waals surface area contributed by atoms with Gasteiger partial charge in [-0.25, -0.2) is 9.59 Å². The number of ketones is 2. The van der Waals surface area contributed by atoms with E-state index in [1.54, 1.807) is 48.5 Å². The third-order valence-electron chi connectivity index (χ3n) is 9.70. The maximum atomic E-state index is 13.0. The summed E-state index contributed by atoms with van der Waals surface area (Å²) in [4.78, 5) is 51.4. The molecule has 4 aromatic rings. The number of esters is 2. The monoisotopic (exact) mass is 797 g/mol. The summed E-state index contributed by atoms with van der Waals surface area (Å²) >= 11 is 0. The lowest BCUT2D eigenvalue weighted by atomic mass is 9.99. The van der Waals surface area contributed by atoms with Crippen LogP contribution < -0.4 is 17.0 Å². The Morgan fingerprint density at radius 3 is 1.06 bits per heavy atom. The average Bonchev–Trinajstić information content (AvgIpc) is 3.18. The molecule has 0 bridgehead atoms. The number of unbranched alkanes of at least 4 members (excludes halogenated alkanes) is 6. The van der Waals surface area contributed by atoms with Gasteiger partial charge in [0.25, 0.3) is 0 Å². The van der Waals surface area contributed by atoms with Crippen LogP contribution >= 0.6 is 0 Å². The number of likely N-dealkylation sites (N-methyl/N-ethyl adjacent to an activating group) is 1. The Labute approximate surface area is 332 Å². The zero-order valence-electron chi connectivity index (χ0n) is 32.4. The van der Waals surface area contributed by atoms with Crippen molar-refractivity contribution in [2.24, 2.45) is 0 Å². The Morgan fingerprint density at radius 2 is 0.741 bits per heavy atom. The van der Waals surface area contributed by atoms with E-state index < -0.39 is 11.9 Å². The first-order valence-electron chi connectivity index (χ1n) is 19.2. The van der Waals surface area contributed by atoms with Gasteiger partial charge in [0, 0.05) is 22.3 Å². The number of nitrogens with zero attached hydrogens (tertiary/aromatic N) is 1. The van der Waals surface area contributed by atoms with Gasteiger partial charge < -0.3 is 30.9 Å². The van der Waals surface area contributed by atoms with Crippen LogP contribution in [0, 0.1) is 0 Å². The minimum Gasteiger partial charge on any atom is -1.00 e. The van der Waals surface area contributed by atoms with Crippen molar-refractivity contribution in [2.75, 3.05) is 40.4 Å². The van der Waals surface area contributed by atoms with Gasteiger partial charge in [0.05, 0.1) is 25.2 Å². The Bertz CT molecular complexity index is 1630. The van der Waals surface area contributed by atoms with E-state index in [2.05, 4.69) is 13.8 Å². The van der Waals surface area contributed by atoms with E-state index in [0.29, 0.717) is 51.0 Å². The molecular weight excluding hydrogens is 742 g/mol. The summed E-state index contributed by atoms with van der Waals surface area (Å²) in [5.41, 5.74) is 5.51. The first-order valence-corrected chi connectivity index (χ1v) is 19.2. The third-order valence-corrected chi connectivity index (χ3v) is 9.70. The molecule has 8 heteroatoms. The maximum Gasteiger partial charge on any atom is 0.338 e. The van der Waals surface area contributed by atoms with Crippen molar-refractivity contribution in [1.29, 1.82) is 0 Å². The molecule has 0 N–H and O–H groups in total. The molecule has 0 aliphatic heterocycles. The lowest BCUT2D eigenvalue weighted by Gasteiger charge is -2.29. The highest BCUT2D eigenvalue weighted by atomic mass is 79.9. The quantitative estimate of drug-likeness (QED) is 0.0392. The first kappa shape index (κ1) is 44.0. The van der Waals surface area contributed by atoms with E-state index in [4.69, 9.17) is 9.47 Å². The van der Waals surface area contributed by atoms with E-state index in [0.717, 1.165) is 25.7 Å². The number of ether oxygens (including phenoxy) is 2. The van der Waals surface area contributed by atoms with Crippen molar-refractivity contribution in [1.82, 2.24) is 0 Å². The molecule has 0 saturated heterocycles. The number of quaternary nitrogens is 1. The van der Waals surface area contributed by atoms with Gasteiger partial charge in [-0.2, -0.15) is 0 Å². The zero-order chi connectivity index (χ0) is 38.1. The fourth-order valence-electron chi connectivity index (χ4n) is 6.06. The first-order chi connectivity index (χ1) is 25.6. The molecule has 0 heterocycles. The van der Waals surface area contributed by atoms with E-state index in [1.165, 1.54) is 49.7 Å². The number of hydrogen-bond donors (Lipinski definition) is 0. The van der Waals surface area contributed by atoms with Crippen LogP contribution in [-0.2, 0) is 22.3 Å². The van der Waals surface area contributed by atoms with E-state index in [1.807, 2.05) is 62.6 Å². The highest BCUT2D eigenvalue weighted by molar-refractivity contribution is 6.10. The molecule has 4 rings (SSSR count). The normalized spacial score (nSPS) is 11.0. The molecule has 0 saturated carbocycles. The number of carbonyl (C=O) groups is 4. The van der Waals surface area contributed by atoms with E-state index in [-0.39, 0.29) is 41.8 Å². The highest BCUT2D eigenvalue weighted by Gasteiger charge is 2.19. The lowest BCUT2D eigenvalue weighted by molar-refractivity contribution is -0.890. The second kappa shape index (κ2) is 22.7. The van der Waals surface area contributed by atoms with Crippen molar-refractivity contribution < 1.29 is 50.1 Å². The zero-order valence-corrected chi connectivity index (χ0v) is 34.0. The molecule has 0 amide bonds. The average molecular weight is 799 g/mol. The summed E-state index contributed by atoms with van der Waals surface area (Å²) in [5.74, 6) is -1.09. The molecule has 288 valence electrons. The van der Waals surface area contributed by atoms with Gasteiger partial charge in [-0.1, -0.05) is 125 Å². The summed E-state index contributed by atoms with van der Waals surface area (Å²) in [5, 5.41) is 0. The van der Waals surface area contributed by atoms with Crippen LogP contribution in [0.5, 0.6) is 0 Å². The van der Waals surface area contributed by atoms with E-state index in [9.17, 15) is 19.2 Å². The SMILES string of the molecule is CCCCCCc1ccc(C(=O)c2ccc(C(=O)OCC[N+](C)(C)CCOC(=O)c3ccc(C(=O)c4ccc(CCCCCC)cc4)cc3)cc2)cc1.[Br-]. The molecule has 0 aromatic heterocycles. The van der Waals surface area contributed by atoms with E-state index >= 15 is 0 Å². The molecule has 0 aliphatic rings. The molecule has 4 aromatic carbocycles. The van der Waals surface area contributed by atoms with Crippen LogP contribution in [0.25, 0.3) is 0 Å². The van der Waals surface area contributed by atoms with Crippen molar-refractivity contribution in [3.8, 4) is 0 Å². The molecule has 0 fully saturated rings. The van der Waals surface area contributed by atoms with Crippen molar-refractivity contribution >= 4 is 23.5 Å². The molecule has 7 nitrogen and oxygen atoms in total. The summed E-state index contributed by atoms with van der Waals surface area (Å²) in [6, 6.07) is 28.7. The number of benzene rings is 4. The molecule has 0 unspecified atom stereocenters. The summed E-state index contributed by atoms with van der Waals surface area (Å²) in [6.45, 7) is 5.81. The molecule has 0 radical (unpaired) electrons. The third kappa shape index (κ3) is 14.1. The fraction of sp³-hybridized carbons (Fsp3) is 0.391. The fourth-order valence-corrected chi connectivity index (χ4v) is 6.06. The molecular formula is C46H56BrNO6. The van der Waals surface area contributed by atoms with Crippen LogP contribution in [0.2, 0.25) is 0 Å². The van der Waals surface area contributed by atoms with Crippen LogP contribution in [-0.4, -0.2) is 68.4 Å². The Morgan fingerprint density at radius 1 is 0.444 bits per heavy atom. The van der Waals surface area contributed by atoms with Gasteiger partial charge in [-0.3, -0.25) is 9.59 Å². The largest absolute Gasteiger partial charge is 1.00 e. The summed E-state index contributed by atoms with van der Waals surface area (Å²) < 4.78 is 11.5. The molecule has 0 atom stereocenters. The second-order valence-corrected chi connectivity index (χ2v) is 14.5. The minimum absolute atomic E-state index is 0. The molecule has 0 spiro atoms. The molecule has 54 heavy (non-hydrogen) atoms. The lowest BCUT2D eigenvalue weighted by Crippen LogP contribution is -3.00. The van der Waals surface area contributed by atoms with Gasteiger partial charge in [-0.05, 0) is 61.1 Å². The van der Waals surface area contributed by atoms with Crippen molar-refractivity contribution in [3.63, 3.8) is 0 Å². The number of halogens is 1. The predicted molar refractivity (Wildman–Crippen MR) is 211 cm³/mol. The number of carbonyl (C=O) groups excluding carboxylic acids is 4. The summed E-state index contributed by atoms with van der Waals surface area (Å²) in [6.07, 6.45) is 11.7. The smallest absolute Gasteiger partial charge is 0.338 e. The number of aryl methyl sites for hydroxylation is 2. The predicted octanol–water partition coefficient (Wildman–Crippen LogP) is 6.49. The van der Waals surface area contributed by atoms with Crippen LogP contribution in [0.1, 0.15) is 129 Å².